The van der Waals surface area contributed by atoms with Gasteiger partial charge in [-0.05, 0) is 78.7 Å². The summed E-state index contributed by atoms with van der Waals surface area (Å²) in [7, 11) is 0. The molecular weight excluding hydrogens is 679 g/mol. The highest BCUT2D eigenvalue weighted by Gasteiger charge is 2.56. The topological polar surface area (TPSA) is 144 Å². The fraction of sp³-hybridized carbons (Fsp3) is 0.216. The summed E-state index contributed by atoms with van der Waals surface area (Å²) in [6.07, 6.45) is 0. The van der Waals surface area contributed by atoms with Crippen LogP contribution in [-0.4, -0.2) is 53.7 Å². The van der Waals surface area contributed by atoms with Gasteiger partial charge in [-0.3, -0.25) is 19.2 Å². The number of carbonyl (C=O) groups excluding carboxylic acids is 4. The van der Waals surface area contributed by atoms with E-state index in [9.17, 15) is 24.0 Å². The molecule has 1 fully saturated rings. The molecule has 3 amide bonds. The van der Waals surface area contributed by atoms with E-state index in [-0.39, 0.29) is 24.0 Å². The Morgan fingerprint density at radius 2 is 1.62 bits per heavy atom. The van der Waals surface area contributed by atoms with Crippen molar-refractivity contribution in [2.75, 3.05) is 30.0 Å². The summed E-state index contributed by atoms with van der Waals surface area (Å²) in [4.78, 5) is 70.0. The van der Waals surface area contributed by atoms with Crippen molar-refractivity contribution in [1.82, 2.24) is 4.98 Å². The maximum absolute atomic E-state index is 14.2. The highest BCUT2D eigenvalue weighted by Crippen LogP contribution is 2.53. The molecular formula is C37H31N3O8S2. The Bertz CT molecular complexity index is 2200. The first-order valence-electron chi connectivity index (χ1n) is 16.0. The lowest BCUT2D eigenvalue weighted by molar-refractivity contribution is -0.122. The van der Waals surface area contributed by atoms with Crippen LogP contribution in [0.5, 0.6) is 11.5 Å². The van der Waals surface area contributed by atoms with E-state index in [1.54, 1.807) is 37.3 Å². The van der Waals surface area contributed by atoms with Crippen molar-refractivity contribution in [3.05, 3.63) is 111 Å². The Morgan fingerprint density at radius 3 is 2.38 bits per heavy atom. The zero-order valence-electron chi connectivity index (χ0n) is 27.0. The third-order valence-corrected chi connectivity index (χ3v) is 10.9. The van der Waals surface area contributed by atoms with Crippen LogP contribution in [0.4, 0.5) is 11.4 Å². The molecule has 0 radical (unpaired) electrons. The number of hydrogen-bond donors (Lipinski definition) is 2. The van der Waals surface area contributed by atoms with Crippen molar-refractivity contribution in [3.8, 4) is 11.5 Å². The number of anilines is 2. The second-order valence-corrected chi connectivity index (χ2v) is 13.7. The van der Waals surface area contributed by atoms with E-state index in [2.05, 4.69) is 10.3 Å². The quantitative estimate of drug-likeness (QED) is 0.132. The number of esters is 1. The van der Waals surface area contributed by atoms with Gasteiger partial charge in [-0.2, -0.15) is 0 Å². The molecule has 4 aromatic carbocycles. The molecule has 7 rings (SSSR count). The molecule has 1 saturated heterocycles. The van der Waals surface area contributed by atoms with E-state index in [1.165, 1.54) is 23.9 Å². The largest absolute Gasteiger partial charge is 0.490 e. The standard InChI is InChI=1S/C37H31N3O8S2/c1-3-46-27-18-23(12-16-26(27)48-19-28(41)38-24-13-9-20-7-5-6-8-22(20)17-24)29-30-32(49-33-31(29)50-37(45)39-33)35(43)40(34(30)42)25-14-10-21(11-15-25)36(44)47-4-2/h5-18,29-30,32H,3-4,19H2,1-2H3,(H,38,41)(H,39,45)/t29-,30?,32?/m1/s1. The number of carbonyl (C=O) groups is 4. The van der Waals surface area contributed by atoms with Crippen LogP contribution in [0.1, 0.15) is 40.6 Å². The van der Waals surface area contributed by atoms with Crippen LogP contribution in [0.2, 0.25) is 0 Å². The van der Waals surface area contributed by atoms with Crippen LogP contribution in [0.3, 0.4) is 0 Å². The molecule has 2 unspecified atom stereocenters. The van der Waals surface area contributed by atoms with E-state index in [4.69, 9.17) is 14.2 Å². The number of aromatic amines is 1. The smallest absolute Gasteiger partial charge is 0.338 e. The Balaban J connectivity index is 1.15. The molecule has 1 aromatic heterocycles. The first-order chi connectivity index (χ1) is 24.2. The number of thioether (sulfide) groups is 1. The lowest BCUT2D eigenvalue weighted by Crippen LogP contribution is -2.32. The van der Waals surface area contributed by atoms with E-state index >= 15 is 0 Å². The second-order valence-electron chi connectivity index (χ2n) is 11.6. The predicted octanol–water partition coefficient (Wildman–Crippen LogP) is 5.98. The zero-order chi connectivity index (χ0) is 34.9. The normalized spacial score (nSPS) is 18.0. The second kappa shape index (κ2) is 13.8. The van der Waals surface area contributed by atoms with Crippen LogP contribution in [0.15, 0.2) is 94.7 Å². The van der Waals surface area contributed by atoms with E-state index in [0.717, 1.165) is 27.0 Å². The lowest BCUT2D eigenvalue weighted by atomic mass is 9.83. The minimum absolute atomic E-state index is 0.220. The van der Waals surface area contributed by atoms with Crippen LogP contribution < -0.4 is 24.6 Å². The van der Waals surface area contributed by atoms with E-state index in [0.29, 0.717) is 50.5 Å². The summed E-state index contributed by atoms with van der Waals surface area (Å²) in [5.41, 5.74) is 1.92. The molecule has 0 bridgehead atoms. The Hall–Kier alpha value is -5.40. The highest BCUT2D eigenvalue weighted by atomic mass is 32.2. The van der Waals surface area contributed by atoms with Crippen LogP contribution in [0, 0.1) is 5.92 Å². The molecule has 254 valence electrons. The van der Waals surface area contributed by atoms with Crippen molar-refractivity contribution < 1.29 is 33.4 Å². The van der Waals surface area contributed by atoms with Gasteiger partial charge in [0.25, 0.3) is 5.91 Å². The molecule has 50 heavy (non-hydrogen) atoms. The highest BCUT2D eigenvalue weighted by molar-refractivity contribution is 8.00. The van der Waals surface area contributed by atoms with Gasteiger partial charge in [0.15, 0.2) is 18.1 Å². The SMILES string of the molecule is CCOC(=O)c1ccc(N2C(=O)C3Sc4[nH]c(=O)sc4[C@H](c4ccc(OCC(=O)Nc5ccc6ccccc6c5)c(OCC)c4)C3C2=O)cc1. The van der Waals surface area contributed by atoms with Gasteiger partial charge in [0.2, 0.25) is 11.8 Å². The molecule has 3 atom stereocenters. The van der Waals surface area contributed by atoms with Gasteiger partial charge in [0.1, 0.15) is 5.25 Å². The average Bonchev–Trinajstić information content (AvgIpc) is 3.61. The molecule has 5 aromatic rings. The number of ether oxygens (including phenoxy) is 3. The van der Waals surface area contributed by atoms with Crippen molar-refractivity contribution in [1.29, 1.82) is 0 Å². The van der Waals surface area contributed by atoms with Crippen molar-refractivity contribution in [2.45, 2.75) is 30.0 Å². The number of amides is 3. The molecule has 3 heterocycles. The number of H-pyrrole nitrogens is 1. The van der Waals surface area contributed by atoms with Crippen molar-refractivity contribution in [3.63, 3.8) is 0 Å². The number of thiazole rings is 1. The summed E-state index contributed by atoms with van der Waals surface area (Å²) in [5.74, 6) is -2.49. The number of fused-ring (bicyclic) bond motifs is 3. The Kier molecular flexibility index (Phi) is 9.17. The number of rotatable bonds is 10. The predicted molar refractivity (Wildman–Crippen MR) is 190 cm³/mol. The molecule has 2 aliphatic heterocycles. The third kappa shape index (κ3) is 6.25. The minimum atomic E-state index is -0.829. The zero-order valence-corrected chi connectivity index (χ0v) is 28.6. The fourth-order valence-electron chi connectivity index (χ4n) is 6.30. The monoisotopic (exact) mass is 709 g/mol. The van der Waals surface area contributed by atoms with Gasteiger partial charge in [0, 0.05) is 16.5 Å². The van der Waals surface area contributed by atoms with Gasteiger partial charge < -0.3 is 24.5 Å². The van der Waals surface area contributed by atoms with Crippen molar-refractivity contribution in [2.24, 2.45) is 5.92 Å². The number of imide groups is 1. The molecule has 11 nitrogen and oxygen atoms in total. The summed E-state index contributed by atoms with van der Waals surface area (Å²) in [6.45, 7) is 3.76. The number of nitrogens with one attached hydrogen (secondary N) is 2. The molecule has 0 saturated carbocycles. The number of nitrogens with zero attached hydrogens (tertiary/aromatic N) is 1. The molecule has 0 aliphatic carbocycles. The number of benzene rings is 4. The maximum atomic E-state index is 14.2. The van der Waals surface area contributed by atoms with Crippen LogP contribution in [-0.2, 0) is 19.1 Å². The average molecular weight is 710 g/mol. The van der Waals surface area contributed by atoms with Gasteiger partial charge in [-0.25, -0.2) is 9.69 Å². The maximum Gasteiger partial charge on any atom is 0.338 e. The van der Waals surface area contributed by atoms with E-state index in [1.807, 2.05) is 49.4 Å². The number of aromatic nitrogens is 1. The lowest BCUT2D eigenvalue weighted by Gasteiger charge is -2.30. The van der Waals surface area contributed by atoms with Gasteiger partial charge in [0.05, 0.1) is 35.4 Å². The summed E-state index contributed by atoms with van der Waals surface area (Å²) in [5, 5.41) is 4.65. The van der Waals surface area contributed by atoms with Crippen LogP contribution >= 0.6 is 23.1 Å². The molecule has 13 heteroatoms. The Morgan fingerprint density at radius 1 is 0.840 bits per heavy atom. The third-order valence-electron chi connectivity index (χ3n) is 8.48. The first kappa shape index (κ1) is 33.1. The van der Waals surface area contributed by atoms with Gasteiger partial charge in [-0.15, -0.1) is 0 Å². The van der Waals surface area contributed by atoms with Gasteiger partial charge >= 0.3 is 10.8 Å². The summed E-state index contributed by atoms with van der Waals surface area (Å²) in [6, 6.07) is 24.8. The minimum Gasteiger partial charge on any atom is -0.490 e. The molecule has 2 N–H and O–H groups in total. The van der Waals surface area contributed by atoms with Crippen LogP contribution in [0.25, 0.3) is 10.8 Å². The number of hydrogen-bond acceptors (Lipinski definition) is 10. The first-order valence-corrected chi connectivity index (χ1v) is 17.7. The van der Waals surface area contributed by atoms with Crippen molar-refractivity contribution >= 4 is 68.9 Å². The molecule has 2 aliphatic rings. The molecule has 0 spiro atoms. The Labute approximate surface area is 294 Å². The van der Waals surface area contributed by atoms with Gasteiger partial charge in [-0.1, -0.05) is 59.5 Å². The summed E-state index contributed by atoms with van der Waals surface area (Å²) < 4.78 is 16.9. The van der Waals surface area contributed by atoms with E-state index < -0.39 is 34.9 Å². The fourth-order valence-corrected chi connectivity index (χ4v) is 8.82. The summed E-state index contributed by atoms with van der Waals surface area (Å²) >= 11 is 2.17.